The molecule has 0 amide bonds. The van der Waals surface area contributed by atoms with E-state index in [1.165, 1.54) is 0 Å². The highest BCUT2D eigenvalue weighted by molar-refractivity contribution is 9.10. The number of hydrogen-bond acceptors (Lipinski definition) is 2. The molecular weight excluding hydrogens is 278 g/mol. The van der Waals surface area contributed by atoms with E-state index in [9.17, 15) is 0 Å². The van der Waals surface area contributed by atoms with Crippen molar-refractivity contribution in [2.45, 2.75) is 13.0 Å². The van der Waals surface area contributed by atoms with E-state index in [1.807, 2.05) is 55.5 Å². The molecule has 0 heterocycles. The van der Waals surface area contributed by atoms with Crippen LogP contribution in [0.4, 0.5) is 0 Å². The lowest BCUT2D eigenvalue weighted by atomic mass is 10.1. The maximum atomic E-state index is 5.92. The van der Waals surface area contributed by atoms with E-state index in [2.05, 4.69) is 15.9 Å². The van der Waals surface area contributed by atoms with E-state index in [1.54, 1.807) is 0 Å². The molecule has 2 N–H and O–H groups in total. The molecule has 88 valence electrons. The standard InChI is InChI=1S/C14H14BrNO/c1-10(16)13-8-7-11(15)9-14(13)17-12-5-3-2-4-6-12/h2-10H,16H2,1H3. The van der Waals surface area contributed by atoms with Gasteiger partial charge in [-0.15, -0.1) is 0 Å². The third kappa shape index (κ3) is 3.08. The topological polar surface area (TPSA) is 35.2 Å². The fraction of sp³-hybridized carbons (Fsp3) is 0.143. The van der Waals surface area contributed by atoms with Gasteiger partial charge in [0.15, 0.2) is 0 Å². The zero-order valence-electron chi connectivity index (χ0n) is 9.56. The quantitative estimate of drug-likeness (QED) is 0.917. The van der Waals surface area contributed by atoms with E-state index < -0.39 is 0 Å². The Bertz CT molecular complexity index is 497. The van der Waals surface area contributed by atoms with Crippen LogP contribution in [-0.2, 0) is 0 Å². The minimum absolute atomic E-state index is 0.0539. The van der Waals surface area contributed by atoms with Crippen LogP contribution >= 0.6 is 15.9 Å². The maximum absolute atomic E-state index is 5.92. The fourth-order valence-electron chi connectivity index (χ4n) is 1.59. The third-order valence-corrected chi connectivity index (χ3v) is 2.93. The van der Waals surface area contributed by atoms with Crippen molar-refractivity contribution < 1.29 is 4.74 Å². The van der Waals surface area contributed by atoms with Gasteiger partial charge in [0.2, 0.25) is 0 Å². The first-order valence-corrected chi connectivity index (χ1v) is 6.24. The molecule has 0 aliphatic heterocycles. The summed E-state index contributed by atoms with van der Waals surface area (Å²) in [5.74, 6) is 1.60. The van der Waals surface area contributed by atoms with Crippen molar-refractivity contribution >= 4 is 15.9 Å². The molecule has 0 spiro atoms. The summed E-state index contributed by atoms with van der Waals surface area (Å²) in [6.45, 7) is 1.95. The van der Waals surface area contributed by atoms with Gasteiger partial charge in [0.05, 0.1) is 0 Å². The van der Waals surface area contributed by atoms with Crippen molar-refractivity contribution in [1.29, 1.82) is 0 Å². The van der Waals surface area contributed by atoms with Gasteiger partial charge in [-0.25, -0.2) is 0 Å². The second-order valence-electron chi connectivity index (χ2n) is 3.89. The Balaban J connectivity index is 2.34. The van der Waals surface area contributed by atoms with Gasteiger partial charge < -0.3 is 10.5 Å². The van der Waals surface area contributed by atoms with Crippen LogP contribution in [0.25, 0.3) is 0 Å². The van der Waals surface area contributed by atoms with Gasteiger partial charge in [-0.2, -0.15) is 0 Å². The summed E-state index contributed by atoms with van der Waals surface area (Å²) >= 11 is 3.44. The lowest BCUT2D eigenvalue weighted by Gasteiger charge is -2.14. The van der Waals surface area contributed by atoms with Gasteiger partial charge in [-0.3, -0.25) is 0 Å². The summed E-state index contributed by atoms with van der Waals surface area (Å²) in [6.07, 6.45) is 0. The Morgan fingerprint density at radius 2 is 1.82 bits per heavy atom. The first-order valence-electron chi connectivity index (χ1n) is 5.45. The highest BCUT2D eigenvalue weighted by atomic mass is 79.9. The van der Waals surface area contributed by atoms with Crippen LogP contribution in [0, 0.1) is 0 Å². The Morgan fingerprint density at radius 3 is 2.47 bits per heavy atom. The van der Waals surface area contributed by atoms with Crippen LogP contribution < -0.4 is 10.5 Å². The predicted molar refractivity (Wildman–Crippen MR) is 73.3 cm³/mol. The SMILES string of the molecule is CC(N)c1ccc(Br)cc1Oc1ccccc1. The molecule has 0 saturated carbocycles. The number of hydrogen-bond donors (Lipinski definition) is 1. The number of ether oxygens (including phenoxy) is 1. The van der Waals surface area contributed by atoms with Gasteiger partial charge in [0.1, 0.15) is 11.5 Å². The zero-order valence-corrected chi connectivity index (χ0v) is 11.1. The molecule has 0 aliphatic rings. The largest absolute Gasteiger partial charge is 0.457 e. The number of halogens is 1. The third-order valence-electron chi connectivity index (χ3n) is 2.44. The van der Waals surface area contributed by atoms with Crippen LogP contribution in [-0.4, -0.2) is 0 Å². The smallest absolute Gasteiger partial charge is 0.133 e. The van der Waals surface area contributed by atoms with Gasteiger partial charge in [-0.1, -0.05) is 40.2 Å². The van der Waals surface area contributed by atoms with Crippen LogP contribution in [0.15, 0.2) is 53.0 Å². The average Bonchev–Trinajstić information content (AvgIpc) is 2.30. The summed E-state index contributed by atoms with van der Waals surface area (Å²) < 4.78 is 6.82. The number of nitrogens with two attached hydrogens (primary N) is 1. The second kappa shape index (κ2) is 5.34. The van der Waals surface area contributed by atoms with E-state index in [0.717, 1.165) is 21.5 Å². The molecule has 0 saturated heterocycles. The molecular formula is C14H14BrNO. The molecule has 2 aromatic rings. The summed E-state index contributed by atoms with van der Waals surface area (Å²) in [7, 11) is 0. The van der Waals surface area contributed by atoms with E-state index in [0.29, 0.717) is 0 Å². The van der Waals surface area contributed by atoms with E-state index in [-0.39, 0.29) is 6.04 Å². The molecule has 2 rings (SSSR count). The normalized spacial score (nSPS) is 12.2. The lowest BCUT2D eigenvalue weighted by molar-refractivity contribution is 0.472. The van der Waals surface area contributed by atoms with Crippen molar-refractivity contribution in [3.05, 3.63) is 58.6 Å². The highest BCUT2D eigenvalue weighted by Crippen LogP contribution is 2.31. The van der Waals surface area contributed by atoms with E-state index in [4.69, 9.17) is 10.5 Å². The summed E-state index contributed by atoms with van der Waals surface area (Å²) in [5.41, 5.74) is 6.92. The minimum Gasteiger partial charge on any atom is -0.457 e. The van der Waals surface area contributed by atoms with Crippen LogP contribution in [0.3, 0.4) is 0 Å². The Labute approximate surface area is 110 Å². The zero-order chi connectivity index (χ0) is 12.3. The Kier molecular flexibility index (Phi) is 3.82. The summed E-state index contributed by atoms with van der Waals surface area (Å²) in [5, 5.41) is 0. The van der Waals surface area contributed by atoms with Crippen LogP contribution in [0.1, 0.15) is 18.5 Å². The molecule has 0 aromatic heterocycles. The molecule has 3 heteroatoms. The monoisotopic (exact) mass is 291 g/mol. The Hall–Kier alpha value is -1.32. The van der Waals surface area contributed by atoms with Gasteiger partial charge >= 0.3 is 0 Å². The van der Waals surface area contributed by atoms with Crippen LogP contribution in [0.5, 0.6) is 11.5 Å². The van der Waals surface area contributed by atoms with Crippen molar-refractivity contribution in [2.75, 3.05) is 0 Å². The van der Waals surface area contributed by atoms with Crippen molar-refractivity contribution in [3.8, 4) is 11.5 Å². The maximum Gasteiger partial charge on any atom is 0.133 e. The molecule has 2 aromatic carbocycles. The highest BCUT2D eigenvalue weighted by Gasteiger charge is 2.09. The Morgan fingerprint density at radius 1 is 1.12 bits per heavy atom. The molecule has 1 atom stereocenters. The molecule has 0 bridgehead atoms. The number of rotatable bonds is 3. The van der Waals surface area contributed by atoms with Gasteiger partial charge in [0.25, 0.3) is 0 Å². The van der Waals surface area contributed by atoms with Crippen molar-refractivity contribution in [2.24, 2.45) is 5.73 Å². The summed E-state index contributed by atoms with van der Waals surface area (Å²) in [4.78, 5) is 0. The number of para-hydroxylation sites is 1. The average molecular weight is 292 g/mol. The molecule has 2 nitrogen and oxygen atoms in total. The molecule has 17 heavy (non-hydrogen) atoms. The molecule has 0 aliphatic carbocycles. The second-order valence-corrected chi connectivity index (χ2v) is 4.80. The van der Waals surface area contributed by atoms with Gasteiger partial charge in [-0.05, 0) is 31.2 Å². The predicted octanol–water partition coefficient (Wildman–Crippen LogP) is 4.26. The fourth-order valence-corrected chi connectivity index (χ4v) is 1.93. The minimum atomic E-state index is -0.0539. The number of benzene rings is 2. The summed E-state index contributed by atoms with van der Waals surface area (Å²) in [6, 6.07) is 15.5. The first-order chi connectivity index (χ1) is 8.16. The van der Waals surface area contributed by atoms with Crippen molar-refractivity contribution in [3.63, 3.8) is 0 Å². The first kappa shape index (κ1) is 12.1. The van der Waals surface area contributed by atoms with Crippen molar-refractivity contribution in [1.82, 2.24) is 0 Å². The van der Waals surface area contributed by atoms with Crippen LogP contribution in [0.2, 0.25) is 0 Å². The molecule has 0 fully saturated rings. The molecule has 0 radical (unpaired) electrons. The lowest BCUT2D eigenvalue weighted by Crippen LogP contribution is -2.06. The van der Waals surface area contributed by atoms with Gasteiger partial charge in [0, 0.05) is 16.1 Å². The van der Waals surface area contributed by atoms with E-state index >= 15 is 0 Å². The molecule has 1 unspecified atom stereocenters.